The molecule has 1 fully saturated rings. The molecule has 0 bridgehead atoms. The second-order valence-electron chi connectivity index (χ2n) is 3.63. The maximum Gasteiger partial charge on any atom is 0.0574 e. The van der Waals surface area contributed by atoms with Gasteiger partial charge in [-0.1, -0.05) is 13.8 Å². The van der Waals surface area contributed by atoms with Gasteiger partial charge in [-0.15, -0.1) is 0 Å². The highest BCUT2D eigenvalue weighted by atomic mass is 16.5. The van der Waals surface area contributed by atoms with Gasteiger partial charge in [0.05, 0.1) is 6.10 Å². The van der Waals surface area contributed by atoms with Crippen LogP contribution >= 0.6 is 0 Å². The molecule has 0 aromatic rings. The van der Waals surface area contributed by atoms with Crippen LogP contribution in [0, 0.1) is 11.8 Å². The first-order chi connectivity index (χ1) is 4.74. The van der Waals surface area contributed by atoms with E-state index in [2.05, 4.69) is 13.8 Å². The number of hydrogen-bond acceptors (Lipinski definition) is 1. The average Bonchev–Trinajstić information content (AvgIpc) is 1.95. The van der Waals surface area contributed by atoms with E-state index in [0.717, 1.165) is 11.8 Å². The Morgan fingerprint density at radius 2 is 1.80 bits per heavy atom. The second kappa shape index (κ2) is 3.38. The molecule has 0 amide bonds. The minimum atomic E-state index is 0.547. The molecule has 0 heterocycles. The summed E-state index contributed by atoms with van der Waals surface area (Å²) in [6, 6.07) is 0. The molecule has 1 heteroatoms. The van der Waals surface area contributed by atoms with Crippen molar-refractivity contribution in [2.75, 3.05) is 7.11 Å². The third-order valence-electron chi connectivity index (χ3n) is 2.88. The van der Waals surface area contributed by atoms with Gasteiger partial charge in [0.1, 0.15) is 0 Å². The topological polar surface area (TPSA) is 9.23 Å². The standard InChI is InChI=1S/C9H18O/c1-7-4-5-9(10-3)6-8(7)2/h7-9H,4-6H2,1-3H3. The van der Waals surface area contributed by atoms with E-state index in [0.29, 0.717) is 6.10 Å². The quantitative estimate of drug-likeness (QED) is 0.546. The minimum absolute atomic E-state index is 0.547. The molecule has 0 N–H and O–H groups in total. The summed E-state index contributed by atoms with van der Waals surface area (Å²) in [6.07, 6.45) is 4.42. The van der Waals surface area contributed by atoms with Crippen LogP contribution in [0.3, 0.4) is 0 Å². The van der Waals surface area contributed by atoms with Gasteiger partial charge in [0, 0.05) is 7.11 Å². The zero-order chi connectivity index (χ0) is 7.56. The van der Waals surface area contributed by atoms with Gasteiger partial charge in [-0.3, -0.25) is 0 Å². The predicted molar refractivity (Wildman–Crippen MR) is 43.0 cm³/mol. The average molecular weight is 142 g/mol. The first-order valence-corrected chi connectivity index (χ1v) is 4.26. The van der Waals surface area contributed by atoms with E-state index in [1.165, 1.54) is 19.3 Å². The Balaban J connectivity index is 2.33. The van der Waals surface area contributed by atoms with Crippen LogP contribution in [0.2, 0.25) is 0 Å². The first kappa shape index (κ1) is 8.06. The molecule has 0 spiro atoms. The van der Waals surface area contributed by atoms with Crippen molar-refractivity contribution in [3.63, 3.8) is 0 Å². The fourth-order valence-corrected chi connectivity index (χ4v) is 1.71. The lowest BCUT2D eigenvalue weighted by molar-refractivity contribution is 0.0368. The van der Waals surface area contributed by atoms with Crippen molar-refractivity contribution in [3.05, 3.63) is 0 Å². The van der Waals surface area contributed by atoms with Crippen LogP contribution in [0.1, 0.15) is 33.1 Å². The molecule has 3 atom stereocenters. The lowest BCUT2D eigenvalue weighted by Gasteiger charge is -2.30. The van der Waals surface area contributed by atoms with Gasteiger partial charge < -0.3 is 4.74 Å². The highest BCUT2D eigenvalue weighted by Gasteiger charge is 2.23. The Hall–Kier alpha value is -0.0400. The van der Waals surface area contributed by atoms with Crippen LogP contribution in [0.4, 0.5) is 0 Å². The molecule has 0 saturated heterocycles. The summed E-state index contributed by atoms with van der Waals surface area (Å²) < 4.78 is 5.31. The Kier molecular flexibility index (Phi) is 2.72. The summed E-state index contributed by atoms with van der Waals surface area (Å²) in [6.45, 7) is 4.67. The number of ether oxygens (including phenoxy) is 1. The van der Waals surface area contributed by atoms with E-state index in [1.54, 1.807) is 0 Å². The molecule has 1 saturated carbocycles. The Labute approximate surface area is 63.8 Å². The second-order valence-corrected chi connectivity index (χ2v) is 3.63. The molecule has 60 valence electrons. The van der Waals surface area contributed by atoms with Crippen molar-refractivity contribution in [2.45, 2.75) is 39.2 Å². The van der Waals surface area contributed by atoms with Crippen molar-refractivity contribution in [2.24, 2.45) is 11.8 Å². The van der Waals surface area contributed by atoms with Crippen LogP contribution in [0.25, 0.3) is 0 Å². The third kappa shape index (κ3) is 1.72. The summed E-state index contributed by atoms with van der Waals surface area (Å²) in [5.41, 5.74) is 0. The van der Waals surface area contributed by atoms with Gasteiger partial charge in [-0.05, 0) is 31.1 Å². The molecule has 1 aliphatic carbocycles. The van der Waals surface area contributed by atoms with E-state index >= 15 is 0 Å². The molecule has 1 nitrogen and oxygen atoms in total. The van der Waals surface area contributed by atoms with Crippen molar-refractivity contribution >= 4 is 0 Å². The Morgan fingerprint density at radius 1 is 1.10 bits per heavy atom. The maximum atomic E-state index is 5.31. The molecule has 1 aliphatic rings. The highest BCUT2D eigenvalue weighted by molar-refractivity contribution is 4.74. The van der Waals surface area contributed by atoms with Crippen molar-refractivity contribution in [1.29, 1.82) is 0 Å². The molecule has 0 aliphatic heterocycles. The number of rotatable bonds is 1. The monoisotopic (exact) mass is 142 g/mol. The fourth-order valence-electron chi connectivity index (χ4n) is 1.71. The van der Waals surface area contributed by atoms with E-state index in [9.17, 15) is 0 Å². The van der Waals surface area contributed by atoms with Crippen LogP contribution < -0.4 is 0 Å². The van der Waals surface area contributed by atoms with Crippen LogP contribution in [0.15, 0.2) is 0 Å². The summed E-state index contributed by atoms with van der Waals surface area (Å²) in [7, 11) is 1.83. The van der Waals surface area contributed by atoms with Gasteiger partial charge in [0.2, 0.25) is 0 Å². The summed E-state index contributed by atoms with van der Waals surface area (Å²) in [5, 5.41) is 0. The summed E-state index contributed by atoms with van der Waals surface area (Å²) in [4.78, 5) is 0. The molecule has 10 heavy (non-hydrogen) atoms. The number of hydrogen-bond donors (Lipinski definition) is 0. The van der Waals surface area contributed by atoms with Gasteiger partial charge in [0.25, 0.3) is 0 Å². The summed E-state index contributed by atoms with van der Waals surface area (Å²) >= 11 is 0. The SMILES string of the molecule is COC1CCC(C)C(C)C1. The van der Waals surface area contributed by atoms with Crippen molar-refractivity contribution < 1.29 is 4.74 Å². The van der Waals surface area contributed by atoms with E-state index in [1.807, 2.05) is 7.11 Å². The van der Waals surface area contributed by atoms with Crippen LogP contribution in [-0.4, -0.2) is 13.2 Å². The van der Waals surface area contributed by atoms with E-state index < -0.39 is 0 Å². The van der Waals surface area contributed by atoms with Crippen molar-refractivity contribution in [3.8, 4) is 0 Å². The fraction of sp³-hybridized carbons (Fsp3) is 1.00. The Morgan fingerprint density at radius 3 is 2.30 bits per heavy atom. The molecule has 0 radical (unpaired) electrons. The van der Waals surface area contributed by atoms with Crippen molar-refractivity contribution in [1.82, 2.24) is 0 Å². The van der Waals surface area contributed by atoms with Gasteiger partial charge >= 0.3 is 0 Å². The van der Waals surface area contributed by atoms with Gasteiger partial charge in [0.15, 0.2) is 0 Å². The summed E-state index contributed by atoms with van der Waals surface area (Å²) in [5.74, 6) is 1.77. The molecule has 3 unspecified atom stereocenters. The molecule has 1 rings (SSSR count). The van der Waals surface area contributed by atoms with Gasteiger partial charge in [-0.25, -0.2) is 0 Å². The zero-order valence-corrected chi connectivity index (χ0v) is 7.26. The highest BCUT2D eigenvalue weighted by Crippen LogP contribution is 2.30. The molecular formula is C9H18O. The largest absolute Gasteiger partial charge is 0.381 e. The van der Waals surface area contributed by atoms with E-state index in [-0.39, 0.29) is 0 Å². The Bertz CT molecular complexity index is 101. The third-order valence-corrected chi connectivity index (χ3v) is 2.88. The van der Waals surface area contributed by atoms with E-state index in [4.69, 9.17) is 4.74 Å². The lowest BCUT2D eigenvalue weighted by Crippen LogP contribution is -2.25. The number of methoxy groups -OCH3 is 1. The zero-order valence-electron chi connectivity index (χ0n) is 7.26. The van der Waals surface area contributed by atoms with Crippen LogP contribution in [-0.2, 0) is 4.74 Å². The predicted octanol–water partition coefficient (Wildman–Crippen LogP) is 2.46. The first-order valence-electron chi connectivity index (χ1n) is 4.26. The normalized spacial score (nSPS) is 41.7. The molecule has 0 aromatic carbocycles. The maximum absolute atomic E-state index is 5.31. The molecule has 0 aromatic heterocycles. The lowest BCUT2D eigenvalue weighted by atomic mass is 9.80. The van der Waals surface area contributed by atoms with Gasteiger partial charge in [-0.2, -0.15) is 0 Å². The molecular weight excluding hydrogens is 124 g/mol. The van der Waals surface area contributed by atoms with Crippen LogP contribution in [0.5, 0.6) is 0 Å². The minimum Gasteiger partial charge on any atom is -0.381 e. The smallest absolute Gasteiger partial charge is 0.0574 e.